The summed E-state index contributed by atoms with van der Waals surface area (Å²) in [5, 5.41) is 9.11. The smallest absolute Gasteiger partial charge is 0.335 e. The summed E-state index contributed by atoms with van der Waals surface area (Å²) in [5.74, 6) is -0.357. The molecule has 0 aliphatic carbocycles. The van der Waals surface area contributed by atoms with E-state index < -0.39 is 5.97 Å². The van der Waals surface area contributed by atoms with Crippen molar-refractivity contribution in [1.29, 1.82) is 0 Å². The summed E-state index contributed by atoms with van der Waals surface area (Å²) in [7, 11) is 4.12. The maximum atomic E-state index is 11.1. The number of rotatable bonds is 5. The first-order valence-electron chi connectivity index (χ1n) is 7.99. The van der Waals surface area contributed by atoms with Gasteiger partial charge in [-0.05, 0) is 44.6 Å². The van der Waals surface area contributed by atoms with E-state index in [1.54, 1.807) is 12.3 Å². The SMILES string of the molecule is CN(C[C@H]1CCCN1C)c1nccc(-c2cc(C(=O)O)ccn2)n1. The van der Waals surface area contributed by atoms with Gasteiger partial charge in [-0.3, -0.25) is 4.98 Å². The van der Waals surface area contributed by atoms with E-state index in [-0.39, 0.29) is 5.56 Å². The maximum absolute atomic E-state index is 11.1. The molecule has 1 aliphatic rings. The number of nitrogens with zero attached hydrogens (tertiary/aromatic N) is 5. The van der Waals surface area contributed by atoms with Gasteiger partial charge in [-0.15, -0.1) is 0 Å². The van der Waals surface area contributed by atoms with Gasteiger partial charge in [0.1, 0.15) is 0 Å². The lowest BCUT2D eigenvalue weighted by Gasteiger charge is -2.25. The number of aromatic nitrogens is 3. The van der Waals surface area contributed by atoms with E-state index in [2.05, 4.69) is 26.9 Å². The van der Waals surface area contributed by atoms with Crippen LogP contribution in [0.1, 0.15) is 23.2 Å². The van der Waals surface area contributed by atoms with E-state index in [1.165, 1.54) is 31.2 Å². The Kier molecular flexibility index (Phi) is 4.71. The lowest BCUT2D eigenvalue weighted by Crippen LogP contribution is -2.37. The quantitative estimate of drug-likeness (QED) is 0.896. The summed E-state index contributed by atoms with van der Waals surface area (Å²) in [6.07, 6.45) is 5.57. The molecule has 1 fully saturated rings. The topological polar surface area (TPSA) is 82.5 Å². The summed E-state index contributed by atoms with van der Waals surface area (Å²) >= 11 is 0. The van der Waals surface area contributed by atoms with Crippen molar-refractivity contribution in [2.45, 2.75) is 18.9 Å². The molecule has 3 heterocycles. The predicted molar refractivity (Wildman–Crippen MR) is 91.1 cm³/mol. The third-order valence-corrected chi connectivity index (χ3v) is 4.41. The molecular formula is C17H21N5O2. The summed E-state index contributed by atoms with van der Waals surface area (Å²) < 4.78 is 0. The second kappa shape index (κ2) is 6.92. The van der Waals surface area contributed by atoms with Crippen LogP contribution in [0.3, 0.4) is 0 Å². The van der Waals surface area contributed by atoms with Gasteiger partial charge < -0.3 is 14.9 Å². The van der Waals surface area contributed by atoms with Crippen LogP contribution in [0.25, 0.3) is 11.4 Å². The highest BCUT2D eigenvalue weighted by atomic mass is 16.4. The zero-order valence-electron chi connectivity index (χ0n) is 13.9. The van der Waals surface area contributed by atoms with Gasteiger partial charge >= 0.3 is 5.97 Å². The van der Waals surface area contributed by atoms with E-state index in [0.29, 0.717) is 23.4 Å². The molecule has 1 N–H and O–H groups in total. The van der Waals surface area contributed by atoms with Gasteiger partial charge in [-0.25, -0.2) is 14.8 Å². The van der Waals surface area contributed by atoms with Crippen molar-refractivity contribution in [1.82, 2.24) is 19.9 Å². The second-order valence-electron chi connectivity index (χ2n) is 6.13. The third-order valence-electron chi connectivity index (χ3n) is 4.41. The molecule has 1 saturated heterocycles. The van der Waals surface area contributed by atoms with Gasteiger partial charge in [-0.2, -0.15) is 0 Å². The molecule has 2 aromatic rings. The lowest BCUT2D eigenvalue weighted by atomic mass is 10.2. The van der Waals surface area contributed by atoms with Crippen LogP contribution in [-0.4, -0.2) is 64.2 Å². The monoisotopic (exact) mass is 327 g/mol. The molecule has 0 unspecified atom stereocenters. The van der Waals surface area contributed by atoms with E-state index in [9.17, 15) is 4.79 Å². The Morgan fingerprint density at radius 1 is 1.33 bits per heavy atom. The molecule has 0 aromatic carbocycles. The molecule has 2 aromatic heterocycles. The Bertz CT molecular complexity index is 736. The number of hydrogen-bond donors (Lipinski definition) is 1. The first kappa shape index (κ1) is 16.3. The maximum Gasteiger partial charge on any atom is 0.335 e. The minimum absolute atomic E-state index is 0.195. The number of hydrogen-bond acceptors (Lipinski definition) is 6. The highest BCUT2D eigenvalue weighted by Crippen LogP contribution is 2.20. The Hall–Kier alpha value is -2.54. The van der Waals surface area contributed by atoms with Gasteiger partial charge in [0.15, 0.2) is 0 Å². The van der Waals surface area contributed by atoms with E-state index in [1.807, 2.05) is 11.9 Å². The van der Waals surface area contributed by atoms with Crippen LogP contribution < -0.4 is 4.90 Å². The van der Waals surface area contributed by atoms with Crippen molar-refractivity contribution >= 4 is 11.9 Å². The highest BCUT2D eigenvalue weighted by Gasteiger charge is 2.23. The average molecular weight is 327 g/mol. The van der Waals surface area contributed by atoms with Gasteiger partial charge in [-0.1, -0.05) is 0 Å². The normalized spacial score (nSPS) is 17.8. The van der Waals surface area contributed by atoms with Crippen LogP contribution in [0, 0.1) is 0 Å². The molecule has 0 radical (unpaired) electrons. The Morgan fingerprint density at radius 2 is 2.12 bits per heavy atom. The van der Waals surface area contributed by atoms with E-state index >= 15 is 0 Å². The fourth-order valence-electron chi connectivity index (χ4n) is 2.99. The number of likely N-dealkylation sites (N-methyl/N-ethyl adjacent to an activating group) is 2. The fourth-order valence-corrected chi connectivity index (χ4v) is 2.99. The lowest BCUT2D eigenvalue weighted by molar-refractivity contribution is 0.0697. The van der Waals surface area contributed by atoms with Gasteiger partial charge in [0, 0.05) is 32.0 Å². The molecule has 24 heavy (non-hydrogen) atoms. The van der Waals surface area contributed by atoms with E-state index in [4.69, 9.17) is 5.11 Å². The van der Waals surface area contributed by atoms with Crippen molar-refractivity contribution in [3.8, 4) is 11.4 Å². The van der Waals surface area contributed by atoms with Crippen LogP contribution in [0.5, 0.6) is 0 Å². The Labute approximate surface area is 141 Å². The molecular weight excluding hydrogens is 306 g/mol. The van der Waals surface area contributed by atoms with Gasteiger partial charge in [0.25, 0.3) is 0 Å². The Morgan fingerprint density at radius 3 is 2.83 bits per heavy atom. The van der Waals surface area contributed by atoms with Crippen molar-refractivity contribution in [3.63, 3.8) is 0 Å². The molecule has 0 spiro atoms. The zero-order chi connectivity index (χ0) is 17.1. The molecule has 0 bridgehead atoms. The summed E-state index contributed by atoms with van der Waals surface area (Å²) in [6.45, 7) is 1.99. The van der Waals surface area contributed by atoms with Crippen molar-refractivity contribution in [3.05, 3.63) is 36.2 Å². The van der Waals surface area contributed by atoms with E-state index in [0.717, 1.165) is 13.1 Å². The summed E-state index contributed by atoms with van der Waals surface area (Å²) in [5.41, 5.74) is 1.35. The number of likely N-dealkylation sites (tertiary alicyclic amines) is 1. The second-order valence-corrected chi connectivity index (χ2v) is 6.13. The standard InChI is InChI=1S/C17H21N5O2/c1-21-9-3-4-13(21)11-22(2)17-19-8-6-14(20-17)15-10-12(16(23)24)5-7-18-15/h5-8,10,13H,3-4,9,11H2,1-2H3,(H,23,24)/t13-/m1/s1. The third kappa shape index (κ3) is 3.51. The predicted octanol–water partition coefficient (Wildman–Crippen LogP) is 1.77. The van der Waals surface area contributed by atoms with Crippen LogP contribution in [0.15, 0.2) is 30.6 Å². The number of carboxylic acid groups (broad SMARTS) is 1. The van der Waals surface area contributed by atoms with Crippen LogP contribution in [-0.2, 0) is 0 Å². The van der Waals surface area contributed by atoms with Crippen LogP contribution in [0.2, 0.25) is 0 Å². The zero-order valence-corrected chi connectivity index (χ0v) is 13.9. The van der Waals surface area contributed by atoms with Crippen LogP contribution >= 0.6 is 0 Å². The van der Waals surface area contributed by atoms with Gasteiger partial charge in [0.05, 0.1) is 17.0 Å². The minimum atomic E-state index is -0.977. The van der Waals surface area contributed by atoms with Gasteiger partial charge in [0.2, 0.25) is 5.95 Å². The number of pyridine rings is 1. The number of carboxylic acids is 1. The van der Waals surface area contributed by atoms with Crippen molar-refractivity contribution < 1.29 is 9.90 Å². The number of carbonyl (C=O) groups is 1. The molecule has 0 saturated carbocycles. The Balaban J connectivity index is 1.81. The largest absolute Gasteiger partial charge is 0.478 e. The molecule has 7 nitrogen and oxygen atoms in total. The molecule has 7 heteroatoms. The minimum Gasteiger partial charge on any atom is -0.478 e. The highest BCUT2D eigenvalue weighted by molar-refractivity contribution is 5.88. The molecule has 3 rings (SSSR count). The number of anilines is 1. The van der Waals surface area contributed by atoms with Crippen molar-refractivity contribution in [2.75, 3.05) is 32.1 Å². The summed E-state index contributed by atoms with van der Waals surface area (Å²) in [4.78, 5) is 28.6. The fraction of sp³-hybridized carbons (Fsp3) is 0.412. The molecule has 0 amide bonds. The molecule has 126 valence electrons. The molecule has 1 atom stereocenters. The van der Waals surface area contributed by atoms with Crippen molar-refractivity contribution in [2.24, 2.45) is 0 Å². The van der Waals surface area contributed by atoms with Crippen LogP contribution in [0.4, 0.5) is 5.95 Å². The molecule has 1 aliphatic heterocycles. The average Bonchev–Trinajstić information content (AvgIpc) is 3.00. The number of aromatic carboxylic acids is 1. The summed E-state index contributed by atoms with van der Waals surface area (Å²) in [6, 6.07) is 5.25. The first-order valence-corrected chi connectivity index (χ1v) is 7.99. The first-order chi connectivity index (χ1) is 11.5.